The van der Waals surface area contributed by atoms with Crippen molar-refractivity contribution in [2.75, 3.05) is 7.11 Å². The summed E-state index contributed by atoms with van der Waals surface area (Å²) in [6, 6.07) is 8.06. The average Bonchev–Trinajstić information content (AvgIpc) is 3.35. The first kappa shape index (κ1) is 17.3. The van der Waals surface area contributed by atoms with E-state index in [2.05, 4.69) is 32.9 Å². The van der Waals surface area contributed by atoms with Gasteiger partial charge in [0.25, 0.3) is 0 Å². The molecule has 3 rings (SSSR count). The summed E-state index contributed by atoms with van der Waals surface area (Å²) in [4.78, 5) is 12.6. The summed E-state index contributed by atoms with van der Waals surface area (Å²) in [7, 11) is 1.67. The Morgan fingerprint density at radius 1 is 1.12 bits per heavy atom. The second kappa shape index (κ2) is 7.16. The fourth-order valence-corrected chi connectivity index (χ4v) is 4.16. The van der Waals surface area contributed by atoms with Gasteiger partial charge in [0.2, 0.25) is 0 Å². The number of esters is 1. The molecule has 0 unspecified atom stereocenters. The van der Waals surface area contributed by atoms with Gasteiger partial charge >= 0.3 is 5.97 Å². The summed E-state index contributed by atoms with van der Waals surface area (Å²) in [6.07, 6.45) is 4.49. The zero-order valence-electron chi connectivity index (χ0n) is 15.3. The number of ether oxygens (including phenoxy) is 2. The molecule has 0 aromatic heterocycles. The van der Waals surface area contributed by atoms with Crippen LogP contribution in [0.25, 0.3) is 0 Å². The predicted molar refractivity (Wildman–Crippen MR) is 95.1 cm³/mol. The highest BCUT2D eigenvalue weighted by Gasteiger charge is 2.46. The van der Waals surface area contributed by atoms with Crippen LogP contribution in [0.1, 0.15) is 57.9 Å². The number of carbonyl (C=O) groups excluding carboxylic acids is 1. The van der Waals surface area contributed by atoms with Crippen molar-refractivity contribution in [2.45, 2.75) is 58.5 Å². The molecule has 0 amide bonds. The quantitative estimate of drug-likeness (QED) is 0.727. The Morgan fingerprint density at radius 2 is 1.83 bits per heavy atom. The molecule has 5 atom stereocenters. The second-order valence-electron chi connectivity index (χ2n) is 8.02. The van der Waals surface area contributed by atoms with Crippen LogP contribution in [-0.4, -0.2) is 19.2 Å². The monoisotopic (exact) mass is 330 g/mol. The minimum absolute atomic E-state index is 0.0144. The first-order valence-electron chi connectivity index (χ1n) is 9.34. The minimum atomic E-state index is 0.0144. The minimum Gasteiger partial charge on any atom is -0.497 e. The fourth-order valence-electron chi connectivity index (χ4n) is 4.16. The number of carbonyl (C=O) groups is 1. The average molecular weight is 330 g/mol. The maximum Gasteiger partial charge on any atom is 0.309 e. The maximum atomic E-state index is 12.6. The normalized spacial score (nSPS) is 32.5. The number of hydrogen-bond donors (Lipinski definition) is 0. The van der Waals surface area contributed by atoms with Crippen LogP contribution in [0, 0.1) is 23.7 Å². The molecular weight excluding hydrogens is 300 g/mol. The zero-order chi connectivity index (χ0) is 17.3. The number of methoxy groups -OCH3 is 1. The van der Waals surface area contributed by atoms with E-state index in [9.17, 15) is 4.79 Å². The van der Waals surface area contributed by atoms with Gasteiger partial charge in [0.1, 0.15) is 11.9 Å². The summed E-state index contributed by atoms with van der Waals surface area (Å²) in [5.74, 6) is 2.99. The Bertz CT molecular complexity index is 563. The van der Waals surface area contributed by atoms with Gasteiger partial charge in [-0.2, -0.15) is 0 Å². The van der Waals surface area contributed by atoms with E-state index in [0.29, 0.717) is 23.7 Å². The molecular formula is C21H30O3. The Labute approximate surface area is 145 Å². The maximum absolute atomic E-state index is 12.6. The van der Waals surface area contributed by atoms with Crippen LogP contribution < -0.4 is 4.74 Å². The topological polar surface area (TPSA) is 35.5 Å². The molecule has 1 aromatic rings. The molecule has 0 aliphatic heterocycles. The van der Waals surface area contributed by atoms with Crippen molar-refractivity contribution in [3.63, 3.8) is 0 Å². The molecule has 0 saturated heterocycles. The lowest BCUT2D eigenvalue weighted by Gasteiger charge is -2.36. The lowest BCUT2D eigenvalue weighted by Crippen LogP contribution is -2.36. The summed E-state index contributed by atoms with van der Waals surface area (Å²) in [5.41, 5.74) is 1.22. The summed E-state index contributed by atoms with van der Waals surface area (Å²) < 4.78 is 11.2. The van der Waals surface area contributed by atoms with Crippen LogP contribution in [0.2, 0.25) is 0 Å². The van der Waals surface area contributed by atoms with Gasteiger partial charge in [0, 0.05) is 0 Å². The molecule has 3 nitrogen and oxygen atoms in total. The molecule has 2 aliphatic rings. The van der Waals surface area contributed by atoms with E-state index in [0.717, 1.165) is 18.6 Å². The highest BCUT2D eigenvalue weighted by molar-refractivity contribution is 5.77. The van der Waals surface area contributed by atoms with Gasteiger partial charge in [0.05, 0.1) is 13.0 Å². The van der Waals surface area contributed by atoms with Gasteiger partial charge in [0.15, 0.2) is 0 Å². The van der Waals surface area contributed by atoms with Crippen LogP contribution >= 0.6 is 0 Å². The van der Waals surface area contributed by atoms with E-state index in [1.54, 1.807) is 7.11 Å². The lowest BCUT2D eigenvalue weighted by atomic mass is 9.75. The van der Waals surface area contributed by atoms with Crippen LogP contribution in [0.3, 0.4) is 0 Å². The molecule has 132 valence electrons. The molecule has 2 aliphatic carbocycles. The van der Waals surface area contributed by atoms with Crippen molar-refractivity contribution < 1.29 is 14.3 Å². The molecule has 1 aromatic carbocycles. The number of rotatable bonds is 5. The Hall–Kier alpha value is -1.51. The first-order valence-corrected chi connectivity index (χ1v) is 9.34. The Morgan fingerprint density at radius 3 is 2.46 bits per heavy atom. The summed E-state index contributed by atoms with van der Waals surface area (Å²) in [6.45, 7) is 6.77. The van der Waals surface area contributed by atoms with Crippen molar-refractivity contribution in [3.8, 4) is 5.75 Å². The third-order valence-corrected chi connectivity index (χ3v) is 5.87. The largest absolute Gasteiger partial charge is 0.497 e. The van der Waals surface area contributed by atoms with Gasteiger partial charge in [-0.1, -0.05) is 39.3 Å². The van der Waals surface area contributed by atoms with Crippen molar-refractivity contribution >= 4 is 5.97 Å². The van der Waals surface area contributed by atoms with Crippen molar-refractivity contribution in [1.82, 2.24) is 0 Å². The van der Waals surface area contributed by atoms with E-state index >= 15 is 0 Å². The molecule has 3 heteroatoms. The van der Waals surface area contributed by atoms with Crippen molar-refractivity contribution in [1.29, 1.82) is 0 Å². The van der Waals surface area contributed by atoms with E-state index in [4.69, 9.17) is 9.47 Å². The van der Waals surface area contributed by atoms with Gasteiger partial charge in [-0.25, -0.2) is 0 Å². The molecule has 0 radical (unpaired) electrons. The van der Waals surface area contributed by atoms with Crippen LogP contribution in [0.4, 0.5) is 0 Å². The fraction of sp³-hybridized carbons (Fsp3) is 0.667. The van der Waals surface area contributed by atoms with Gasteiger partial charge in [-0.3, -0.25) is 4.79 Å². The molecule has 0 spiro atoms. The van der Waals surface area contributed by atoms with Crippen LogP contribution in [0.15, 0.2) is 24.3 Å². The van der Waals surface area contributed by atoms with E-state index in [-0.39, 0.29) is 18.0 Å². The van der Waals surface area contributed by atoms with Crippen LogP contribution in [-0.2, 0) is 9.53 Å². The first-order chi connectivity index (χ1) is 11.5. The second-order valence-corrected chi connectivity index (χ2v) is 8.02. The number of hydrogen-bond acceptors (Lipinski definition) is 3. The summed E-state index contributed by atoms with van der Waals surface area (Å²) >= 11 is 0. The highest BCUT2D eigenvalue weighted by atomic mass is 16.5. The predicted octanol–water partition coefficient (Wildman–Crippen LogP) is 4.80. The van der Waals surface area contributed by atoms with Gasteiger partial charge in [-0.05, 0) is 60.6 Å². The van der Waals surface area contributed by atoms with Crippen molar-refractivity contribution in [3.05, 3.63) is 29.8 Å². The van der Waals surface area contributed by atoms with E-state index < -0.39 is 0 Å². The smallest absolute Gasteiger partial charge is 0.309 e. The molecule has 0 bridgehead atoms. The van der Waals surface area contributed by atoms with Crippen LogP contribution in [0.5, 0.6) is 5.75 Å². The van der Waals surface area contributed by atoms with Gasteiger partial charge < -0.3 is 9.47 Å². The third kappa shape index (κ3) is 3.76. The standard InChI is InChI=1S/C21H30O3/c1-13(2)17-10-5-14(3)11-20(17)24-21(22)19-12-18(19)15-6-8-16(23-4)9-7-15/h6-9,13-14,17-20H,5,10-12H2,1-4H3/t14-,17+,18+,19+,20-/m1/s1. The molecule has 0 heterocycles. The molecule has 2 fully saturated rings. The summed E-state index contributed by atoms with van der Waals surface area (Å²) in [5, 5.41) is 0. The Balaban J connectivity index is 1.58. The SMILES string of the molecule is COc1ccc([C@@H]2C[C@@H]2C(=O)O[C@@H]2C[C@H](C)CC[C@H]2C(C)C)cc1. The molecule has 24 heavy (non-hydrogen) atoms. The Kier molecular flexibility index (Phi) is 5.17. The lowest BCUT2D eigenvalue weighted by molar-refractivity contribution is -0.157. The highest BCUT2D eigenvalue weighted by Crippen LogP contribution is 2.49. The number of benzene rings is 1. The van der Waals surface area contributed by atoms with Gasteiger partial charge in [-0.15, -0.1) is 0 Å². The van der Waals surface area contributed by atoms with E-state index in [1.807, 2.05) is 12.1 Å². The molecule has 0 N–H and O–H groups in total. The van der Waals surface area contributed by atoms with Crippen molar-refractivity contribution in [2.24, 2.45) is 23.7 Å². The molecule has 2 saturated carbocycles. The zero-order valence-corrected chi connectivity index (χ0v) is 15.3. The van der Waals surface area contributed by atoms with E-state index in [1.165, 1.54) is 18.4 Å². The third-order valence-electron chi connectivity index (χ3n) is 5.87.